The Morgan fingerprint density at radius 2 is 2.21 bits per heavy atom. The van der Waals surface area contributed by atoms with E-state index in [0.717, 1.165) is 50.2 Å². The number of nitrogens with two attached hydrogens (primary N) is 1. The summed E-state index contributed by atoms with van der Waals surface area (Å²) in [6.07, 6.45) is 6.98. The fraction of sp³-hybridized carbons (Fsp3) is 0.769. The molecule has 0 bridgehead atoms. The molecule has 0 amide bonds. The minimum Gasteiger partial charge on any atom is -0.335 e. The summed E-state index contributed by atoms with van der Waals surface area (Å²) in [5.41, 5.74) is 6.85. The van der Waals surface area contributed by atoms with Gasteiger partial charge in [0.05, 0.1) is 16.7 Å². The number of imidazole rings is 1. The summed E-state index contributed by atoms with van der Waals surface area (Å²) in [5.74, 6) is 1.36. The minimum absolute atomic E-state index is 0.196. The van der Waals surface area contributed by atoms with Crippen molar-refractivity contribution >= 4 is 9.84 Å². The Kier molecular flexibility index (Phi) is 3.39. The van der Waals surface area contributed by atoms with Gasteiger partial charge in [0, 0.05) is 31.6 Å². The van der Waals surface area contributed by atoms with Crippen LogP contribution in [0.5, 0.6) is 0 Å². The number of aromatic nitrogens is 2. The SMILES string of the molecule is NC1CCn2cc(CC3CCCCS3(=O)=O)nc2C1. The van der Waals surface area contributed by atoms with Crippen LogP contribution in [0, 0.1) is 0 Å². The van der Waals surface area contributed by atoms with Gasteiger partial charge in [0.25, 0.3) is 0 Å². The Balaban J connectivity index is 1.77. The largest absolute Gasteiger partial charge is 0.335 e. The first kappa shape index (κ1) is 13.1. The Morgan fingerprint density at radius 3 is 3.00 bits per heavy atom. The summed E-state index contributed by atoms with van der Waals surface area (Å²) in [6, 6.07) is 0.196. The van der Waals surface area contributed by atoms with Gasteiger partial charge in [-0.25, -0.2) is 13.4 Å². The van der Waals surface area contributed by atoms with Crippen molar-refractivity contribution in [1.82, 2.24) is 9.55 Å². The molecule has 0 saturated carbocycles. The molecule has 1 aromatic rings. The van der Waals surface area contributed by atoms with Crippen molar-refractivity contribution in [2.75, 3.05) is 5.75 Å². The van der Waals surface area contributed by atoms with Gasteiger partial charge in [-0.15, -0.1) is 0 Å². The summed E-state index contributed by atoms with van der Waals surface area (Å²) in [4.78, 5) is 4.58. The molecule has 19 heavy (non-hydrogen) atoms. The van der Waals surface area contributed by atoms with Gasteiger partial charge in [-0.3, -0.25) is 0 Å². The van der Waals surface area contributed by atoms with Crippen LogP contribution in [-0.4, -0.2) is 35.0 Å². The Morgan fingerprint density at radius 1 is 1.37 bits per heavy atom. The standard InChI is InChI=1S/C13H21N3O2S/c14-10-4-5-16-9-11(15-13(16)7-10)8-12-3-1-2-6-19(12,17)18/h9-10,12H,1-8,14H2. The van der Waals surface area contributed by atoms with Gasteiger partial charge >= 0.3 is 0 Å². The van der Waals surface area contributed by atoms with Crippen LogP contribution in [0.2, 0.25) is 0 Å². The molecule has 6 heteroatoms. The normalized spacial score (nSPS) is 29.9. The van der Waals surface area contributed by atoms with Crippen LogP contribution in [0.4, 0.5) is 0 Å². The molecule has 5 nitrogen and oxygen atoms in total. The predicted molar refractivity (Wildman–Crippen MR) is 73.7 cm³/mol. The lowest BCUT2D eigenvalue weighted by molar-refractivity contribution is 0.463. The minimum atomic E-state index is -2.91. The predicted octanol–water partition coefficient (Wildman–Crippen LogP) is 0.666. The van der Waals surface area contributed by atoms with E-state index >= 15 is 0 Å². The van der Waals surface area contributed by atoms with Gasteiger partial charge in [-0.05, 0) is 19.3 Å². The van der Waals surface area contributed by atoms with Crippen LogP contribution in [0.25, 0.3) is 0 Å². The van der Waals surface area contributed by atoms with E-state index in [-0.39, 0.29) is 11.3 Å². The van der Waals surface area contributed by atoms with Crippen LogP contribution in [0.15, 0.2) is 6.20 Å². The second-order valence-electron chi connectivity index (χ2n) is 5.78. The molecule has 2 aliphatic heterocycles. The molecule has 2 atom stereocenters. The Labute approximate surface area is 114 Å². The van der Waals surface area contributed by atoms with Gasteiger partial charge in [0.1, 0.15) is 5.82 Å². The summed E-state index contributed by atoms with van der Waals surface area (Å²) in [5, 5.41) is -0.230. The molecule has 0 aliphatic carbocycles. The number of sulfone groups is 1. The van der Waals surface area contributed by atoms with Crippen molar-refractivity contribution in [3.8, 4) is 0 Å². The average molecular weight is 283 g/mol. The van der Waals surface area contributed by atoms with E-state index in [4.69, 9.17) is 5.73 Å². The fourth-order valence-corrected chi connectivity index (χ4v) is 4.98. The maximum Gasteiger partial charge on any atom is 0.153 e. The average Bonchev–Trinajstić information content (AvgIpc) is 2.73. The molecular formula is C13H21N3O2S. The maximum atomic E-state index is 12.0. The maximum absolute atomic E-state index is 12.0. The molecule has 0 radical (unpaired) electrons. The zero-order chi connectivity index (χ0) is 13.5. The van der Waals surface area contributed by atoms with E-state index < -0.39 is 9.84 Å². The fourth-order valence-electron chi connectivity index (χ4n) is 3.09. The van der Waals surface area contributed by atoms with Gasteiger partial charge in [-0.2, -0.15) is 0 Å². The second kappa shape index (κ2) is 4.90. The van der Waals surface area contributed by atoms with Crippen molar-refractivity contribution in [2.45, 2.75) is 56.4 Å². The zero-order valence-electron chi connectivity index (χ0n) is 11.1. The van der Waals surface area contributed by atoms with E-state index in [0.29, 0.717) is 12.2 Å². The summed E-state index contributed by atoms with van der Waals surface area (Å²) in [7, 11) is -2.91. The molecule has 3 heterocycles. The van der Waals surface area contributed by atoms with Gasteiger partial charge < -0.3 is 10.3 Å². The van der Waals surface area contributed by atoms with Crippen LogP contribution in [0.1, 0.15) is 37.2 Å². The monoisotopic (exact) mass is 283 g/mol. The highest BCUT2D eigenvalue weighted by Crippen LogP contribution is 2.23. The zero-order valence-corrected chi connectivity index (χ0v) is 11.9. The lowest BCUT2D eigenvalue weighted by Gasteiger charge is -2.21. The quantitative estimate of drug-likeness (QED) is 0.865. The first-order chi connectivity index (χ1) is 9.04. The second-order valence-corrected chi connectivity index (χ2v) is 8.18. The van der Waals surface area contributed by atoms with E-state index in [1.54, 1.807) is 0 Å². The molecule has 1 aromatic heterocycles. The first-order valence-corrected chi connectivity index (χ1v) is 8.78. The van der Waals surface area contributed by atoms with Crippen molar-refractivity contribution in [1.29, 1.82) is 0 Å². The lowest BCUT2D eigenvalue weighted by Crippen LogP contribution is -2.30. The number of hydrogen-bond acceptors (Lipinski definition) is 4. The number of aryl methyl sites for hydroxylation is 1. The van der Waals surface area contributed by atoms with Crippen molar-refractivity contribution in [2.24, 2.45) is 5.73 Å². The number of fused-ring (bicyclic) bond motifs is 1. The van der Waals surface area contributed by atoms with Gasteiger partial charge in [0.15, 0.2) is 9.84 Å². The molecule has 2 unspecified atom stereocenters. The number of hydrogen-bond donors (Lipinski definition) is 1. The van der Waals surface area contributed by atoms with Crippen LogP contribution < -0.4 is 5.73 Å². The first-order valence-electron chi connectivity index (χ1n) is 7.07. The molecular weight excluding hydrogens is 262 g/mol. The van der Waals surface area contributed by atoms with Gasteiger partial charge in [0.2, 0.25) is 0 Å². The highest BCUT2D eigenvalue weighted by atomic mass is 32.2. The summed E-state index contributed by atoms with van der Waals surface area (Å²) >= 11 is 0. The highest BCUT2D eigenvalue weighted by molar-refractivity contribution is 7.92. The van der Waals surface area contributed by atoms with Gasteiger partial charge in [-0.1, -0.05) is 6.42 Å². The molecule has 1 saturated heterocycles. The van der Waals surface area contributed by atoms with Crippen molar-refractivity contribution < 1.29 is 8.42 Å². The van der Waals surface area contributed by atoms with E-state index in [9.17, 15) is 8.42 Å². The number of nitrogens with zero attached hydrogens (tertiary/aromatic N) is 2. The molecule has 0 aromatic carbocycles. The summed E-state index contributed by atoms with van der Waals surface area (Å²) in [6.45, 7) is 0.904. The third kappa shape index (κ3) is 2.69. The molecule has 106 valence electrons. The number of rotatable bonds is 2. The van der Waals surface area contributed by atoms with E-state index in [1.165, 1.54) is 0 Å². The van der Waals surface area contributed by atoms with E-state index in [1.807, 2.05) is 6.20 Å². The van der Waals surface area contributed by atoms with Crippen LogP contribution >= 0.6 is 0 Å². The van der Waals surface area contributed by atoms with Crippen molar-refractivity contribution in [3.63, 3.8) is 0 Å². The Bertz CT molecular complexity index is 564. The smallest absolute Gasteiger partial charge is 0.153 e. The topological polar surface area (TPSA) is 78.0 Å². The highest BCUT2D eigenvalue weighted by Gasteiger charge is 2.30. The summed E-state index contributed by atoms with van der Waals surface area (Å²) < 4.78 is 26.2. The van der Waals surface area contributed by atoms with Crippen LogP contribution in [0.3, 0.4) is 0 Å². The Hall–Kier alpha value is -0.880. The lowest BCUT2D eigenvalue weighted by atomic mass is 10.1. The molecule has 0 spiro atoms. The third-order valence-electron chi connectivity index (χ3n) is 4.24. The molecule has 2 aliphatic rings. The molecule has 2 N–H and O–H groups in total. The third-order valence-corrected chi connectivity index (χ3v) is 6.52. The van der Waals surface area contributed by atoms with E-state index in [2.05, 4.69) is 9.55 Å². The molecule has 3 rings (SSSR count). The van der Waals surface area contributed by atoms with Crippen LogP contribution in [-0.2, 0) is 29.2 Å². The molecule has 1 fully saturated rings. The van der Waals surface area contributed by atoms with Crippen molar-refractivity contribution in [3.05, 3.63) is 17.7 Å².